The number of urea groups is 1. The lowest BCUT2D eigenvalue weighted by Crippen LogP contribution is -2.30. The van der Waals surface area contributed by atoms with Gasteiger partial charge < -0.3 is 16.0 Å². The van der Waals surface area contributed by atoms with E-state index in [1.165, 1.54) is 6.92 Å². The first-order chi connectivity index (χ1) is 11.0. The summed E-state index contributed by atoms with van der Waals surface area (Å²) in [4.78, 5) is 22.9. The van der Waals surface area contributed by atoms with Gasteiger partial charge in [0.1, 0.15) is 0 Å². The Morgan fingerprint density at radius 3 is 2.30 bits per heavy atom. The third-order valence-corrected chi connectivity index (χ3v) is 3.31. The molecule has 0 atom stereocenters. The van der Waals surface area contributed by atoms with E-state index in [0.29, 0.717) is 22.9 Å². The van der Waals surface area contributed by atoms with Gasteiger partial charge in [-0.25, -0.2) is 4.79 Å². The fourth-order valence-electron chi connectivity index (χ4n) is 2.02. The third-order valence-electron chi connectivity index (χ3n) is 3.05. The molecule has 0 saturated carbocycles. The number of carbonyl (C=O) groups is 2. The van der Waals surface area contributed by atoms with Crippen molar-refractivity contribution in [3.8, 4) is 0 Å². The van der Waals surface area contributed by atoms with E-state index in [1.54, 1.807) is 24.3 Å². The molecule has 5 nitrogen and oxygen atoms in total. The first-order valence-corrected chi connectivity index (χ1v) is 7.58. The summed E-state index contributed by atoms with van der Waals surface area (Å²) in [5.41, 5.74) is 2.35. The lowest BCUT2D eigenvalue weighted by atomic mass is 10.1. The second kappa shape index (κ2) is 8.19. The van der Waals surface area contributed by atoms with Crippen LogP contribution in [-0.4, -0.2) is 18.5 Å². The maximum Gasteiger partial charge on any atom is 0.319 e. The van der Waals surface area contributed by atoms with Crippen LogP contribution in [0.5, 0.6) is 0 Å². The third kappa shape index (κ3) is 6.00. The van der Waals surface area contributed by atoms with Crippen molar-refractivity contribution in [2.45, 2.75) is 13.3 Å². The second-order valence-electron chi connectivity index (χ2n) is 5.02. The van der Waals surface area contributed by atoms with Crippen molar-refractivity contribution >= 4 is 34.9 Å². The van der Waals surface area contributed by atoms with Crippen molar-refractivity contribution in [2.24, 2.45) is 0 Å². The highest BCUT2D eigenvalue weighted by molar-refractivity contribution is 6.30. The molecule has 0 fully saturated rings. The first-order valence-electron chi connectivity index (χ1n) is 7.20. The number of benzene rings is 2. The largest absolute Gasteiger partial charge is 0.338 e. The summed E-state index contributed by atoms with van der Waals surface area (Å²) in [6, 6.07) is 14.2. The maximum absolute atomic E-state index is 11.9. The van der Waals surface area contributed by atoms with E-state index in [2.05, 4.69) is 16.0 Å². The van der Waals surface area contributed by atoms with Crippen LogP contribution in [0.25, 0.3) is 0 Å². The first kappa shape index (κ1) is 16.8. The predicted molar refractivity (Wildman–Crippen MR) is 92.9 cm³/mol. The van der Waals surface area contributed by atoms with Crippen LogP contribution in [0.3, 0.4) is 0 Å². The fraction of sp³-hybridized carbons (Fsp3) is 0.176. The van der Waals surface area contributed by atoms with Crippen molar-refractivity contribution in [3.63, 3.8) is 0 Å². The van der Waals surface area contributed by atoms with Gasteiger partial charge in [-0.2, -0.15) is 0 Å². The Morgan fingerprint density at radius 1 is 1.00 bits per heavy atom. The number of hydrogen-bond acceptors (Lipinski definition) is 2. The molecule has 3 amide bonds. The standard InChI is InChI=1S/C17H18ClN3O2/c1-12(22)20-15-3-2-4-16(11-15)21-17(23)19-10-9-13-5-7-14(18)8-6-13/h2-8,11H,9-10H2,1H3,(H,20,22)(H2,19,21,23). The summed E-state index contributed by atoms with van der Waals surface area (Å²) < 4.78 is 0. The summed E-state index contributed by atoms with van der Waals surface area (Å²) >= 11 is 5.82. The Balaban J connectivity index is 1.80. The SMILES string of the molecule is CC(=O)Nc1cccc(NC(=O)NCCc2ccc(Cl)cc2)c1. The van der Waals surface area contributed by atoms with Crippen molar-refractivity contribution in [3.05, 3.63) is 59.1 Å². The zero-order chi connectivity index (χ0) is 16.7. The Hall–Kier alpha value is -2.53. The molecule has 2 rings (SSSR count). The summed E-state index contributed by atoms with van der Waals surface area (Å²) in [7, 11) is 0. The highest BCUT2D eigenvalue weighted by Gasteiger charge is 2.03. The number of nitrogens with one attached hydrogen (secondary N) is 3. The molecule has 6 heteroatoms. The molecule has 0 saturated heterocycles. The Morgan fingerprint density at radius 2 is 1.65 bits per heavy atom. The molecule has 0 bridgehead atoms. The van der Waals surface area contributed by atoms with E-state index in [4.69, 9.17) is 11.6 Å². The van der Waals surface area contributed by atoms with E-state index in [0.717, 1.165) is 12.0 Å². The van der Waals surface area contributed by atoms with Gasteiger partial charge in [-0.15, -0.1) is 0 Å². The smallest absolute Gasteiger partial charge is 0.319 e. The van der Waals surface area contributed by atoms with Crippen LogP contribution in [0, 0.1) is 0 Å². The molecule has 0 aliphatic carbocycles. The summed E-state index contributed by atoms with van der Waals surface area (Å²) in [5.74, 6) is -0.158. The predicted octanol–water partition coefficient (Wildman–Crippen LogP) is 3.66. The van der Waals surface area contributed by atoms with E-state index in [9.17, 15) is 9.59 Å². The molecule has 3 N–H and O–H groups in total. The molecule has 2 aromatic rings. The van der Waals surface area contributed by atoms with E-state index < -0.39 is 0 Å². The number of halogens is 1. The van der Waals surface area contributed by atoms with Gasteiger partial charge in [0.15, 0.2) is 0 Å². The molecule has 0 heterocycles. The minimum Gasteiger partial charge on any atom is -0.338 e. The molecule has 0 aliphatic rings. The van der Waals surface area contributed by atoms with Crippen molar-refractivity contribution in [2.75, 3.05) is 17.2 Å². The Kier molecular flexibility index (Phi) is 6.00. The number of carbonyl (C=O) groups excluding carboxylic acids is 2. The molecule has 0 unspecified atom stereocenters. The maximum atomic E-state index is 11.9. The van der Waals surface area contributed by atoms with Crippen molar-refractivity contribution in [1.82, 2.24) is 5.32 Å². The average Bonchev–Trinajstić information content (AvgIpc) is 2.49. The zero-order valence-corrected chi connectivity index (χ0v) is 13.5. The van der Waals surface area contributed by atoms with Gasteiger partial charge in [0.2, 0.25) is 5.91 Å². The van der Waals surface area contributed by atoms with Crippen LogP contribution < -0.4 is 16.0 Å². The van der Waals surface area contributed by atoms with Crippen LogP contribution in [0.4, 0.5) is 16.2 Å². The van der Waals surface area contributed by atoms with Gasteiger partial charge in [-0.05, 0) is 42.3 Å². The number of anilines is 2. The van der Waals surface area contributed by atoms with Gasteiger partial charge in [0.05, 0.1) is 0 Å². The number of rotatable bonds is 5. The monoisotopic (exact) mass is 331 g/mol. The minimum absolute atomic E-state index is 0.158. The highest BCUT2D eigenvalue weighted by Crippen LogP contribution is 2.15. The zero-order valence-electron chi connectivity index (χ0n) is 12.7. The summed E-state index contributed by atoms with van der Waals surface area (Å²) in [6.07, 6.45) is 0.719. The quantitative estimate of drug-likeness (QED) is 0.782. The molecular weight excluding hydrogens is 314 g/mol. The van der Waals surface area contributed by atoms with Crippen LogP contribution >= 0.6 is 11.6 Å². The van der Waals surface area contributed by atoms with E-state index in [1.807, 2.05) is 24.3 Å². The van der Waals surface area contributed by atoms with Gasteiger partial charge in [0.25, 0.3) is 0 Å². The van der Waals surface area contributed by atoms with Crippen LogP contribution in [-0.2, 0) is 11.2 Å². The summed E-state index contributed by atoms with van der Waals surface area (Å²) in [5, 5.41) is 8.87. The lowest BCUT2D eigenvalue weighted by molar-refractivity contribution is -0.114. The van der Waals surface area contributed by atoms with Gasteiger partial charge in [0, 0.05) is 29.9 Å². The second-order valence-corrected chi connectivity index (χ2v) is 5.46. The topological polar surface area (TPSA) is 70.2 Å². The lowest BCUT2D eigenvalue weighted by Gasteiger charge is -2.09. The highest BCUT2D eigenvalue weighted by atomic mass is 35.5. The Bertz CT molecular complexity index is 686. The number of amides is 3. The van der Waals surface area contributed by atoms with Gasteiger partial charge in [-0.3, -0.25) is 4.79 Å². The van der Waals surface area contributed by atoms with Crippen LogP contribution in [0.2, 0.25) is 5.02 Å². The molecule has 0 aromatic heterocycles. The minimum atomic E-state index is -0.293. The van der Waals surface area contributed by atoms with Gasteiger partial charge in [-0.1, -0.05) is 29.8 Å². The van der Waals surface area contributed by atoms with E-state index >= 15 is 0 Å². The molecule has 2 aromatic carbocycles. The molecule has 120 valence electrons. The molecule has 0 spiro atoms. The van der Waals surface area contributed by atoms with Crippen molar-refractivity contribution < 1.29 is 9.59 Å². The molecule has 0 radical (unpaired) electrons. The average molecular weight is 332 g/mol. The molecular formula is C17H18ClN3O2. The molecule has 23 heavy (non-hydrogen) atoms. The van der Waals surface area contributed by atoms with Gasteiger partial charge >= 0.3 is 6.03 Å². The molecule has 0 aliphatic heterocycles. The van der Waals surface area contributed by atoms with E-state index in [-0.39, 0.29) is 11.9 Å². The van der Waals surface area contributed by atoms with Crippen LogP contribution in [0.15, 0.2) is 48.5 Å². The van der Waals surface area contributed by atoms with Crippen molar-refractivity contribution in [1.29, 1.82) is 0 Å². The Labute approximate surface area is 140 Å². The number of hydrogen-bond donors (Lipinski definition) is 3. The van der Waals surface area contributed by atoms with Crippen LogP contribution in [0.1, 0.15) is 12.5 Å². The summed E-state index contributed by atoms with van der Waals surface area (Å²) in [6.45, 7) is 1.95. The fourth-order valence-corrected chi connectivity index (χ4v) is 2.15. The normalized spacial score (nSPS) is 10.0.